The standard InChI is InChI=1S/C57H33N3OS/c1-3-13-36-31-38(23-21-34(36)11-1)41-27-29-47(53-49-18-7-9-19-50(49)61-54(41)53)44-28-30-48(43-16-6-5-15-42(43)44)57-59-55(39-24-22-35-12-2-4-14-37(35)32-39)58-56(60-57)40-25-26-46-45-17-8-10-20-51(45)62-52(46)33-40/h1-33H. The van der Waals surface area contributed by atoms with Crippen LogP contribution in [0.15, 0.2) is 205 Å². The molecule has 5 heteroatoms. The molecule has 3 aromatic heterocycles. The Morgan fingerprint density at radius 2 is 0.839 bits per heavy atom. The van der Waals surface area contributed by atoms with Gasteiger partial charge in [-0.15, -0.1) is 11.3 Å². The van der Waals surface area contributed by atoms with Crippen molar-refractivity contribution in [2.24, 2.45) is 0 Å². The first-order valence-corrected chi connectivity index (χ1v) is 21.6. The lowest BCUT2D eigenvalue weighted by Gasteiger charge is -2.15. The predicted octanol–water partition coefficient (Wildman–Crippen LogP) is 15.9. The second-order valence-electron chi connectivity index (χ2n) is 15.9. The Bertz CT molecular complexity index is 3950. The Balaban J connectivity index is 1.01. The molecule has 288 valence electrons. The van der Waals surface area contributed by atoms with Gasteiger partial charge < -0.3 is 4.42 Å². The van der Waals surface area contributed by atoms with Crippen LogP contribution in [-0.4, -0.2) is 15.0 Å². The van der Waals surface area contributed by atoms with Crippen LogP contribution < -0.4 is 0 Å². The van der Waals surface area contributed by atoms with Gasteiger partial charge in [-0.05, 0) is 91.5 Å². The van der Waals surface area contributed by atoms with Crippen LogP contribution in [0.2, 0.25) is 0 Å². The van der Waals surface area contributed by atoms with Gasteiger partial charge in [0.2, 0.25) is 0 Å². The molecule has 0 atom stereocenters. The number of para-hydroxylation sites is 1. The third-order valence-corrected chi connectivity index (χ3v) is 13.5. The minimum absolute atomic E-state index is 0.628. The highest BCUT2D eigenvalue weighted by molar-refractivity contribution is 7.25. The van der Waals surface area contributed by atoms with E-state index in [-0.39, 0.29) is 0 Å². The molecule has 4 nitrogen and oxygen atoms in total. The maximum atomic E-state index is 6.77. The molecule has 13 rings (SSSR count). The predicted molar refractivity (Wildman–Crippen MR) is 260 cm³/mol. The van der Waals surface area contributed by atoms with Crippen molar-refractivity contribution in [2.75, 3.05) is 0 Å². The zero-order valence-electron chi connectivity index (χ0n) is 33.2. The summed E-state index contributed by atoms with van der Waals surface area (Å²) in [5.74, 6) is 1.90. The molecule has 0 unspecified atom stereocenters. The van der Waals surface area contributed by atoms with Crippen molar-refractivity contribution in [2.45, 2.75) is 0 Å². The van der Waals surface area contributed by atoms with E-state index in [9.17, 15) is 0 Å². The maximum absolute atomic E-state index is 6.77. The van der Waals surface area contributed by atoms with Crippen molar-refractivity contribution >= 4 is 85.8 Å². The van der Waals surface area contributed by atoms with E-state index < -0.39 is 0 Å². The third-order valence-electron chi connectivity index (χ3n) is 12.3. The number of aromatic nitrogens is 3. The third kappa shape index (κ3) is 5.56. The summed E-state index contributed by atoms with van der Waals surface area (Å²) in [6.07, 6.45) is 0. The topological polar surface area (TPSA) is 51.8 Å². The quantitative estimate of drug-likeness (QED) is 0.174. The van der Waals surface area contributed by atoms with E-state index in [0.717, 1.165) is 77.0 Å². The zero-order valence-corrected chi connectivity index (χ0v) is 34.0. The summed E-state index contributed by atoms with van der Waals surface area (Å²) < 4.78 is 9.25. The van der Waals surface area contributed by atoms with Gasteiger partial charge in [-0.2, -0.15) is 0 Å². The van der Waals surface area contributed by atoms with Crippen molar-refractivity contribution in [3.8, 4) is 56.4 Å². The summed E-state index contributed by atoms with van der Waals surface area (Å²) in [6, 6.07) is 71.0. The highest BCUT2D eigenvalue weighted by atomic mass is 32.1. The summed E-state index contributed by atoms with van der Waals surface area (Å²) in [7, 11) is 0. The average molecular weight is 808 g/mol. The Morgan fingerprint density at radius 3 is 1.61 bits per heavy atom. The fraction of sp³-hybridized carbons (Fsp3) is 0. The molecule has 0 radical (unpaired) electrons. The first kappa shape index (κ1) is 34.8. The normalized spacial score (nSPS) is 11.9. The van der Waals surface area contributed by atoms with Crippen molar-refractivity contribution in [3.05, 3.63) is 200 Å². The van der Waals surface area contributed by atoms with Crippen LogP contribution in [0.25, 0.3) is 131 Å². The van der Waals surface area contributed by atoms with Gasteiger partial charge in [0.05, 0.1) is 0 Å². The number of furan rings is 1. The van der Waals surface area contributed by atoms with Crippen LogP contribution >= 0.6 is 11.3 Å². The van der Waals surface area contributed by atoms with Gasteiger partial charge in [-0.25, -0.2) is 15.0 Å². The van der Waals surface area contributed by atoms with E-state index in [0.29, 0.717) is 17.5 Å². The Morgan fingerprint density at radius 1 is 0.323 bits per heavy atom. The Labute approximate surface area is 360 Å². The minimum Gasteiger partial charge on any atom is -0.455 e. The lowest BCUT2D eigenvalue weighted by molar-refractivity contribution is 0.670. The van der Waals surface area contributed by atoms with Crippen LogP contribution in [0.5, 0.6) is 0 Å². The second kappa shape index (κ2) is 13.8. The van der Waals surface area contributed by atoms with Crippen LogP contribution in [0.1, 0.15) is 0 Å². The average Bonchev–Trinajstić information content (AvgIpc) is 3.92. The SMILES string of the molecule is c1ccc2cc(-c3nc(-c4ccc5c(c4)sc4ccccc45)nc(-c4ccc(-c5ccc(-c6ccc7ccccc7c6)c6oc7ccccc7c56)c5ccccc45)n3)ccc2c1. The molecule has 0 aliphatic heterocycles. The van der Waals surface area contributed by atoms with Crippen LogP contribution in [0.3, 0.4) is 0 Å². The number of hydrogen-bond acceptors (Lipinski definition) is 5. The summed E-state index contributed by atoms with van der Waals surface area (Å²) >= 11 is 1.80. The van der Waals surface area contributed by atoms with Crippen molar-refractivity contribution in [3.63, 3.8) is 0 Å². The van der Waals surface area contributed by atoms with Gasteiger partial charge in [-0.3, -0.25) is 0 Å². The van der Waals surface area contributed by atoms with E-state index in [1.807, 2.05) is 6.07 Å². The number of nitrogens with zero attached hydrogens (tertiary/aromatic N) is 3. The number of thiophene rings is 1. The molecule has 0 aliphatic rings. The molecule has 0 spiro atoms. The van der Waals surface area contributed by atoms with Crippen LogP contribution in [0, 0.1) is 0 Å². The summed E-state index contributed by atoms with van der Waals surface area (Å²) in [5.41, 5.74) is 9.01. The largest absolute Gasteiger partial charge is 0.455 e. The molecule has 62 heavy (non-hydrogen) atoms. The van der Waals surface area contributed by atoms with Gasteiger partial charge in [0, 0.05) is 53.2 Å². The van der Waals surface area contributed by atoms with Gasteiger partial charge in [0.25, 0.3) is 0 Å². The van der Waals surface area contributed by atoms with Crippen LogP contribution in [0.4, 0.5) is 0 Å². The smallest absolute Gasteiger partial charge is 0.164 e. The van der Waals surface area contributed by atoms with Gasteiger partial charge in [0.15, 0.2) is 17.5 Å². The number of benzene rings is 10. The number of fused-ring (bicyclic) bond motifs is 9. The van der Waals surface area contributed by atoms with Crippen molar-refractivity contribution in [1.29, 1.82) is 0 Å². The van der Waals surface area contributed by atoms with E-state index in [1.165, 1.54) is 36.3 Å². The van der Waals surface area contributed by atoms with E-state index in [1.54, 1.807) is 11.3 Å². The molecule has 0 amide bonds. The molecule has 0 bridgehead atoms. The summed E-state index contributed by atoms with van der Waals surface area (Å²) in [5, 5.41) is 11.6. The lowest BCUT2D eigenvalue weighted by atomic mass is 9.90. The fourth-order valence-electron chi connectivity index (χ4n) is 9.31. The summed E-state index contributed by atoms with van der Waals surface area (Å²) in [6.45, 7) is 0. The first-order chi connectivity index (χ1) is 30.7. The van der Waals surface area contributed by atoms with Crippen molar-refractivity contribution in [1.82, 2.24) is 15.0 Å². The molecule has 0 fully saturated rings. The van der Waals surface area contributed by atoms with Gasteiger partial charge in [-0.1, -0.05) is 158 Å². The molecule has 0 saturated heterocycles. The zero-order chi connectivity index (χ0) is 40.7. The number of hydrogen-bond donors (Lipinski definition) is 0. The molecular formula is C57H33N3OS. The molecule has 0 N–H and O–H groups in total. The molecule has 3 heterocycles. The van der Waals surface area contributed by atoms with E-state index in [2.05, 4.69) is 194 Å². The van der Waals surface area contributed by atoms with Crippen LogP contribution in [-0.2, 0) is 0 Å². The Kier molecular flexibility index (Phi) is 7.74. The fourth-order valence-corrected chi connectivity index (χ4v) is 10.5. The highest BCUT2D eigenvalue weighted by Crippen LogP contribution is 2.45. The van der Waals surface area contributed by atoms with E-state index in [4.69, 9.17) is 19.4 Å². The van der Waals surface area contributed by atoms with E-state index >= 15 is 0 Å². The van der Waals surface area contributed by atoms with Gasteiger partial charge >= 0.3 is 0 Å². The molecule has 0 aliphatic carbocycles. The molecule has 0 saturated carbocycles. The highest BCUT2D eigenvalue weighted by Gasteiger charge is 2.21. The monoisotopic (exact) mass is 807 g/mol. The molecule has 13 aromatic rings. The first-order valence-electron chi connectivity index (χ1n) is 20.8. The summed E-state index contributed by atoms with van der Waals surface area (Å²) in [4.78, 5) is 15.8. The lowest BCUT2D eigenvalue weighted by Crippen LogP contribution is -2.01. The van der Waals surface area contributed by atoms with Crippen molar-refractivity contribution < 1.29 is 4.42 Å². The molecular weight excluding hydrogens is 775 g/mol. The molecule has 10 aromatic carbocycles. The number of rotatable bonds is 5. The Hall–Kier alpha value is -7.99. The second-order valence-corrected chi connectivity index (χ2v) is 17.0. The minimum atomic E-state index is 0.628. The maximum Gasteiger partial charge on any atom is 0.164 e. The van der Waals surface area contributed by atoms with Gasteiger partial charge in [0.1, 0.15) is 11.2 Å².